The van der Waals surface area contributed by atoms with Crippen molar-refractivity contribution < 1.29 is 52.3 Å². The zero-order chi connectivity index (χ0) is 16.7. The van der Waals surface area contributed by atoms with E-state index >= 15 is 0 Å². The van der Waals surface area contributed by atoms with Crippen LogP contribution in [-0.4, -0.2) is 76.1 Å². The maximum absolute atomic E-state index is 11.4. The fourth-order valence-electron chi connectivity index (χ4n) is 1.58. The SMILES string of the molecule is O=C1OCC(C(=O)OCCOCCOC(=O)C2COC(=O)O2)O1. The summed E-state index contributed by atoms with van der Waals surface area (Å²) in [6, 6.07) is 0. The first-order valence-electron chi connectivity index (χ1n) is 6.64. The molecule has 0 spiro atoms. The van der Waals surface area contributed by atoms with Gasteiger partial charge in [0.05, 0.1) is 13.2 Å². The number of hydrogen-bond donors (Lipinski definition) is 0. The van der Waals surface area contributed by atoms with E-state index in [0.29, 0.717) is 0 Å². The molecule has 0 aliphatic carbocycles. The summed E-state index contributed by atoms with van der Waals surface area (Å²) in [6.07, 6.45) is -3.94. The third kappa shape index (κ3) is 5.29. The number of rotatable bonds is 8. The van der Waals surface area contributed by atoms with Gasteiger partial charge in [-0.1, -0.05) is 0 Å². The van der Waals surface area contributed by atoms with Crippen LogP contribution in [0.2, 0.25) is 0 Å². The molecule has 2 heterocycles. The molecule has 2 rings (SSSR count). The lowest BCUT2D eigenvalue weighted by atomic mass is 10.4. The van der Waals surface area contributed by atoms with Gasteiger partial charge in [0.25, 0.3) is 0 Å². The summed E-state index contributed by atoms with van der Waals surface area (Å²) in [5.41, 5.74) is 0. The van der Waals surface area contributed by atoms with Crippen LogP contribution >= 0.6 is 0 Å². The topological polar surface area (TPSA) is 133 Å². The zero-order valence-corrected chi connectivity index (χ0v) is 11.9. The molecule has 2 fully saturated rings. The van der Waals surface area contributed by atoms with Crippen LogP contribution in [0.5, 0.6) is 0 Å². The van der Waals surface area contributed by atoms with Gasteiger partial charge in [-0.2, -0.15) is 0 Å². The molecule has 11 nitrogen and oxygen atoms in total. The van der Waals surface area contributed by atoms with Gasteiger partial charge in [0.2, 0.25) is 12.2 Å². The van der Waals surface area contributed by atoms with E-state index < -0.39 is 36.5 Å². The second-order valence-corrected chi connectivity index (χ2v) is 4.28. The van der Waals surface area contributed by atoms with Crippen LogP contribution < -0.4 is 0 Å². The average molecular weight is 334 g/mol. The minimum absolute atomic E-state index is 0.0606. The largest absolute Gasteiger partial charge is 0.509 e. The highest BCUT2D eigenvalue weighted by atomic mass is 16.8. The van der Waals surface area contributed by atoms with Gasteiger partial charge in [0, 0.05) is 0 Å². The van der Waals surface area contributed by atoms with E-state index in [1.807, 2.05) is 0 Å². The lowest BCUT2D eigenvalue weighted by Gasteiger charge is -2.09. The molecule has 2 unspecified atom stereocenters. The maximum atomic E-state index is 11.4. The Balaban J connectivity index is 1.45. The van der Waals surface area contributed by atoms with Crippen LogP contribution in [0.1, 0.15) is 0 Å². The Morgan fingerprint density at radius 2 is 1.26 bits per heavy atom. The normalized spacial score (nSPS) is 22.6. The van der Waals surface area contributed by atoms with Crippen molar-refractivity contribution in [3.05, 3.63) is 0 Å². The molecule has 2 saturated heterocycles. The van der Waals surface area contributed by atoms with Gasteiger partial charge in [-0.3, -0.25) is 0 Å². The van der Waals surface area contributed by atoms with Crippen LogP contribution in [0.3, 0.4) is 0 Å². The molecule has 0 aromatic rings. The fraction of sp³-hybridized carbons (Fsp3) is 0.667. The Morgan fingerprint density at radius 3 is 1.61 bits per heavy atom. The van der Waals surface area contributed by atoms with E-state index in [-0.39, 0.29) is 39.6 Å². The molecule has 2 atom stereocenters. The third-order valence-electron chi connectivity index (χ3n) is 2.65. The van der Waals surface area contributed by atoms with Crippen molar-refractivity contribution in [2.24, 2.45) is 0 Å². The highest BCUT2D eigenvalue weighted by molar-refractivity contribution is 5.80. The standard InChI is InChI=1S/C12H14O11/c13-9(7-5-20-11(15)22-7)18-3-1-17-2-4-19-10(14)8-6-21-12(16)23-8/h7-8H,1-6H2. The van der Waals surface area contributed by atoms with E-state index in [1.165, 1.54) is 0 Å². The van der Waals surface area contributed by atoms with Crippen molar-refractivity contribution in [3.8, 4) is 0 Å². The van der Waals surface area contributed by atoms with E-state index in [1.54, 1.807) is 0 Å². The first-order chi connectivity index (χ1) is 11.1. The number of ether oxygens (including phenoxy) is 7. The molecule has 2 aliphatic heterocycles. The fourth-order valence-corrected chi connectivity index (χ4v) is 1.58. The summed E-state index contributed by atoms with van der Waals surface area (Å²) in [7, 11) is 0. The van der Waals surface area contributed by atoms with E-state index in [4.69, 9.17) is 14.2 Å². The molecular weight excluding hydrogens is 320 g/mol. The van der Waals surface area contributed by atoms with Crippen LogP contribution in [0.25, 0.3) is 0 Å². The van der Waals surface area contributed by atoms with Crippen molar-refractivity contribution in [2.75, 3.05) is 39.6 Å². The molecular formula is C12H14O11. The van der Waals surface area contributed by atoms with E-state index in [2.05, 4.69) is 18.9 Å². The van der Waals surface area contributed by atoms with Crippen molar-refractivity contribution in [2.45, 2.75) is 12.2 Å². The van der Waals surface area contributed by atoms with Gasteiger partial charge in [-0.05, 0) is 0 Å². The molecule has 0 N–H and O–H groups in total. The average Bonchev–Trinajstić information content (AvgIpc) is 3.14. The van der Waals surface area contributed by atoms with Crippen LogP contribution in [-0.2, 0) is 42.7 Å². The Kier molecular flexibility index (Phi) is 5.97. The zero-order valence-electron chi connectivity index (χ0n) is 11.9. The molecule has 0 bridgehead atoms. The van der Waals surface area contributed by atoms with Crippen molar-refractivity contribution in [1.29, 1.82) is 0 Å². The number of carbonyl (C=O) groups is 4. The number of carbonyl (C=O) groups excluding carboxylic acids is 4. The lowest BCUT2D eigenvalue weighted by molar-refractivity contribution is -0.155. The third-order valence-corrected chi connectivity index (χ3v) is 2.65. The molecule has 11 heteroatoms. The van der Waals surface area contributed by atoms with Crippen LogP contribution in [0.15, 0.2) is 0 Å². The van der Waals surface area contributed by atoms with Crippen LogP contribution in [0, 0.1) is 0 Å². The number of cyclic esters (lactones) is 4. The smallest absolute Gasteiger partial charge is 0.460 e. The molecule has 23 heavy (non-hydrogen) atoms. The van der Waals surface area contributed by atoms with E-state index in [9.17, 15) is 19.2 Å². The Bertz CT molecular complexity index is 432. The van der Waals surface area contributed by atoms with Gasteiger partial charge in [-0.15, -0.1) is 0 Å². The Morgan fingerprint density at radius 1 is 0.826 bits per heavy atom. The van der Waals surface area contributed by atoms with Crippen molar-refractivity contribution in [1.82, 2.24) is 0 Å². The summed E-state index contributed by atoms with van der Waals surface area (Å²) in [4.78, 5) is 44.0. The minimum atomic E-state index is -1.06. The lowest BCUT2D eigenvalue weighted by Crippen LogP contribution is -2.27. The Labute approximate surface area is 129 Å². The highest BCUT2D eigenvalue weighted by Gasteiger charge is 2.33. The maximum Gasteiger partial charge on any atom is 0.509 e. The molecule has 0 radical (unpaired) electrons. The molecule has 0 aromatic carbocycles. The second-order valence-electron chi connectivity index (χ2n) is 4.28. The summed E-state index contributed by atoms with van der Waals surface area (Å²) in [5.74, 6) is -1.46. The van der Waals surface area contributed by atoms with Crippen molar-refractivity contribution in [3.63, 3.8) is 0 Å². The highest BCUT2D eigenvalue weighted by Crippen LogP contribution is 2.08. The van der Waals surface area contributed by atoms with Gasteiger partial charge in [0.15, 0.2) is 0 Å². The summed E-state index contributed by atoms with van der Waals surface area (Å²) in [5, 5.41) is 0. The monoisotopic (exact) mass is 334 g/mol. The summed E-state index contributed by atoms with van der Waals surface area (Å²) >= 11 is 0. The summed E-state index contributed by atoms with van der Waals surface area (Å²) in [6.45, 7) is -0.351. The quantitative estimate of drug-likeness (QED) is 0.312. The summed E-state index contributed by atoms with van der Waals surface area (Å²) < 4.78 is 32.6. The van der Waals surface area contributed by atoms with E-state index in [0.717, 1.165) is 0 Å². The molecule has 2 aliphatic rings. The predicted octanol–water partition coefficient (Wildman–Crippen LogP) is -0.840. The first-order valence-corrected chi connectivity index (χ1v) is 6.64. The molecule has 0 saturated carbocycles. The van der Waals surface area contributed by atoms with Crippen LogP contribution in [0.4, 0.5) is 9.59 Å². The number of hydrogen-bond acceptors (Lipinski definition) is 11. The molecule has 128 valence electrons. The second kappa shape index (κ2) is 8.17. The Hall–Kier alpha value is -2.56. The van der Waals surface area contributed by atoms with Gasteiger partial charge in [-0.25, -0.2) is 19.2 Å². The first kappa shape index (κ1) is 16.8. The minimum Gasteiger partial charge on any atom is -0.460 e. The van der Waals surface area contributed by atoms with Gasteiger partial charge < -0.3 is 33.2 Å². The van der Waals surface area contributed by atoms with Crippen molar-refractivity contribution >= 4 is 24.2 Å². The molecule has 0 aromatic heterocycles. The van der Waals surface area contributed by atoms with Gasteiger partial charge in [0.1, 0.15) is 26.4 Å². The predicted molar refractivity (Wildman–Crippen MR) is 65.2 cm³/mol. The molecule has 0 amide bonds. The van der Waals surface area contributed by atoms with Gasteiger partial charge >= 0.3 is 24.2 Å². The number of esters is 2.